The smallest absolute Gasteiger partial charge is 0.355 e. The van der Waals surface area contributed by atoms with Crippen molar-refractivity contribution in [1.29, 1.82) is 0 Å². The standard InChI is InChI=1S/C33H30ClN3O4S/c1-5-41-33(38)32-30(28(19(2)3)31(36-32)23-7-6-8-26-22(23)15-17-35-26)29-24-16-18-37(27(24)14-13-25(29)34)42(39,40)21-11-9-20(4)10-12-21/h6-19,35-36H,5H2,1-4H3. The first-order valence-corrected chi connectivity index (χ1v) is 15.6. The molecule has 0 aliphatic rings. The van der Waals surface area contributed by atoms with Gasteiger partial charge in [-0.2, -0.15) is 0 Å². The third-order valence-electron chi connectivity index (χ3n) is 7.57. The van der Waals surface area contributed by atoms with Crippen LogP contribution in [0.3, 0.4) is 0 Å². The molecule has 3 aromatic carbocycles. The summed E-state index contributed by atoms with van der Waals surface area (Å²) >= 11 is 6.93. The molecule has 6 rings (SSSR count). The lowest BCUT2D eigenvalue weighted by atomic mass is 9.89. The topological polar surface area (TPSA) is 96.9 Å². The fraction of sp³-hybridized carbons (Fsp3) is 0.182. The average molecular weight is 600 g/mol. The van der Waals surface area contributed by atoms with E-state index in [0.717, 1.165) is 33.3 Å². The minimum absolute atomic E-state index is 0.0340. The molecule has 0 bridgehead atoms. The van der Waals surface area contributed by atoms with E-state index in [2.05, 4.69) is 23.8 Å². The van der Waals surface area contributed by atoms with Gasteiger partial charge in [0.05, 0.1) is 22.7 Å². The van der Waals surface area contributed by atoms with E-state index in [-0.39, 0.29) is 23.1 Å². The third-order valence-corrected chi connectivity index (χ3v) is 9.59. The summed E-state index contributed by atoms with van der Waals surface area (Å²) in [5.74, 6) is -0.546. The average Bonchev–Trinajstić information content (AvgIpc) is 3.70. The van der Waals surface area contributed by atoms with Crippen molar-refractivity contribution >= 4 is 49.4 Å². The number of rotatable bonds is 7. The Balaban J connectivity index is 1.67. The highest BCUT2D eigenvalue weighted by Crippen LogP contribution is 2.47. The van der Waals surface area contributed by atoms with Crippen LogP contribution in [0.5, 0.6) is 0 Å². The lowest BCUT2D eigenvalue weighted by molar-refractivity contribution is 0.0521. The number of aromatic amines is 2. The summed E-state index contributed by atoms with van der Waals surface area (Å²) in [7, 11) is -3.90. The zero-order chi connectivity index (χ0) is 29.8. The fourth-order valence-corrected chi connectivity index (χ4v) is 7.28. The van der Waals surface area contributed by atoms with Gasteiger partial charge in [-0.3, -0.25) is 0 Å². The van der Waals surface area contributed by atoms with E-state index >= 15 is 0 Å². The number of nitrogens with zero attached hydrogens (tertiary/aromatic N) is 1. The highest BCUT2D eigenvalue weighted by Gasteiger charge is 2.30. The van der Waals surface area contributed by atoms with Crippen LogP contribution in [0.25, 0.3) is 44.2 Å². The number of aromatic nitrogens is 3. The van der Waals surface area contributed by atoms with Gasteiger partial charge in [-0.25, -0.2) is 17.2 Å². The SMILES string of the molecule is CCOC(=O)c1[nH]c(-c2cccc3[nH]ccc23)c(C(C)C)c1-c1c(Cl)ccc2c1ccn2S(=O)(=O)c1ccc(C)cc1. The van der Waals surface area contributed by atoms with Gasteiger partial charge >= 0.3 is 5.97 Å². The molecule has 0 spiro atoms. The van der Waals surface area contributed by atoms with Crippen molar-refractivity contribution in [3.8, 4) is 22.4 Å². The molecule has 0 saturated carbocycles. The van der Waals surface area contributed by atoms with Crippen LogP contribution < -0.4 is 0 Å². The van der Waals surface area contributed by atoms with Gasteiger partial charge in [-0.05, 0) is 67.8 Å². The summed E-state index contributed by atoms with van der Waals surface area (Å²) in [5, 5.41) is 2.00. The van der Waals surface area contributed by atoms with Crippen LogP contribution in [0.4, 0.5) is 0 Å². The Kier molecular flexibility index (Phi) is 6.99. The van der Waals surface area contributed by atoms with Crippen LogP contribution in [0.2, 0.25) is 5.02 Å². The predicted molar refractivity (Wildman–Crippen MR) is 168 cm³/mol. The van der Waals surface area contributed by atoms with E-state index in [1.54, 1.807) is 49.4 Å². The van der Waals surface area contributed by atoms with Gasteiger partial charge in [-0.1, -0.05) is 55.3 Å². The number of esters is 1. The lowest BCUT2D eigenvalue weighted by Gasteiger charge is -2.15. The molecule has 0 fully saturated rings. The minimum Gasteiger partial charge on any atom is -0.461 e. The Morgan fingerprint density at radius 3 is 2.45 bits per heavy atom. The van der Waals surface area contributed by atoms with E-state index in [1.807, 2.05) is 37.4 Å². The number of carbonyl (C=O) groups excluding carboxylic acids is 1. The molecule has 0 amide bonds. The van der Waals surface area contributed by atoms with Crippen molar-refractivity contribution < 1.29 is 17.9 Å². The van der Waals surface area contributed by atoms with Crippen LogP contribution in [0.1, 0.15) is 48.3 Å². The largest absolute Gasteiger partial charge is 0.461 e. The number of nitrogens with one attached hydrogen (secondary N) is 2. The molecule has 6 aromatic rings. The summed E-state index contributed by atoms with van der Waals surface area (Å²) in [5.41, 5.74) is 6.43. The number of aryl methyl sites for hydroxylation is 1. The second-order valence-corrected chi connectivity index (χ2v) is 12.8. The van der Waals surface area contributed by atoms with Crippen molar-refractivity contribution in [1.82, 2.24) is 13.9 Å². The second kappa shape index (κ2) is 10.5. The molecule has 3 aromatic heterocycles. The molecule has 7 nitrogen and oxygen atoms in total. The number of carbonyl (C=O) groups is 1. The maximum atomic E-state index is 13.7. The normalized spacial score (nSPS) is 12.0. The molecule has 9 heteroatoms. The van der Waals surface area contributed by atoms with Crippen molar-refractivity contribution in [3.63, 3.8) is 0 Å². The minimum atomic E-state index is -3.90. The van der Waals surface area contributed by atoms with Gasteiger partial charge in [-0.15, -0.1) is 0 Å². The van der Waals surface area contributed by atoms with E-state index in [4.69, 9.17) is 16.3 Å². The second-order valence-electron chi connectivity index (χ2n) is 10.6. The molecule has 0 radical (unpaired) electrons. The molecule has 0 aliphatic carbocycles. The quantitative estimate of drug-likeness (QED) is 0.180. The molecule has 0 saturated heterocycles. The van der Waals surface area contributed by atoms with Crippen molar-refractivity contribution in [2.24, 2.45) is 0 Å². The van der Waals surface area contributed by atoms with Gasteiger partial charge in [0.15, 0.2) is 0 Å². The Morgan fingerprint density at radius 1 is 0.976 bits per heavy atom. The molecular formula is C33H30ClN3O4S. The van der Waals surface area contributed by atoms with Crippen LogP contribution >= 0.6 is 11.6 Å². The van der Waals surface area contributed by atoms with Crippen molar-refractivity contribution in [3.05, 3.63) is 101 Å². The number of benzene rings is 3. The zero-order valence-electron chi connectivity index (χ0n) is 23.7. The first-order valence-electron chi connectivity index (χ1n) is 13.7. The van der Waals surface area contributed by atoms with Crippen LogP contribution in [-0.4, -0.2) is 34.9 Å². The van der Waals surface area contributed by atoms with Crippen molar-refractivity contribution in [2.75, 3.05) is 6.61 Å². The summed E-state index contributed by atoms with van der Waals surface area (Å²) < 4.78 is 34.2. The number of H-pyrrole nitrogens is 2. The Hall–Kier alpha value is -4.27. The molecule has 0 unspecified atom stereocenters. The van der Waals surface area contributed by atoms with Crippen LogP contribution in [-0.2, 0) is 14.8 Å². The molecule has 2 N–H and O–H groups in total. The van der Waals surface area contributed by atoms with Gasteiger partial charge in [0.1, 0.15) is 5.69 Å². The lowest BCUT2D eigenvalue weighted by Crippen LogP contribution is -2.11. The molecule has 42 heavy (non-hydrogen) atoms. The number of ether oxygens (including phenoxy) is 1. The molecule has 0 atom stereocenters. The molecular weight excluding hydrogens is 570 g/mol. The molecule has 214 valence electrons. The molecule has 0 aliphatic heterocycles. The summed E-state index contributed by atoms with van der Waals surface area (Å²) in [6.07, 6.45) is 3.42. The highest BCUT2D eigenvalue weighted by atomic mass is 35.5. The number of fused-ring (bicyclic) bond motifs is 2. The number of hydrogen-bond acceptors (Lipinski definition) is 4. The van der Waals surface area contributed by atoms with Crippen LogP contribution in [0, 0.1) is 6.92 Å². The van der Waals surface area contributed by atoms with E-state index in [1.165, 1.54) is 10.2 Å². The van der Waals surface area contributed by atoms with Crippen LogP contribution in [0.15, 0.2) is 84.0 Å². The van der Waals surface area contributed by atoms with E-state index in [0.29, 0.717) is 27.1 Å². The number of hydrogen-bond donors (Lipinski definition) is 2. The Bertz CT molecular complexity index is 2080. The maximum absolute atomic E-state index is 13.7. The Morgan fingerprint density at radius 2 is 1.74 bits per heavy atom. The summed E-state index contributed by atoms with van der Waals surface area (Å²) in [6.45, 7) is 7.98. The fourth-order valence-electron chi connectivity index (χ4n) is 5.68. The summed E-state index contributed by atoms with van der Waals surface area (Å²) in [6, 6.07) is 19.8. The van der Waals surface area contributed by atoms with E-state index in [9.17, 15) is 13.2 Å². The molecule has 3 heterocycles. The maximum Gasteiger partial charge on any atom is 0.355 e. The predicted octanol–water partition coefficient (Wildman–Crippen LogP) is 8.28. The van der Waals surface area contributed by atoms with Gasteiger partial charge in [0.2, 0.25) is 0 Å². The monoisotopic (exact) mass is 599 g/mol. The highest BCUT2D eigenvalue weighted by molar-refractivity contribution is 7.90. The van der Waals surface area contributed by atoms with Gasteiger partial charge in [0.25, 0.3) is 10.0 Å². The van der Waals surface area contributed by atoms with Gasteiger partial charge in [0, 0.05) is 50.4 Å². The van der Waals surface area contributed by atoms with Crippen molar-refractivity contribution in [2.45, 2.75) is 38.5 Å². The Labute approximate surface area is 249 Å². The number of halogens is 1. The summed E-state index contributed by atoms with van der Waals surface area (Å²) in [4.78, 5) is 20.3. The van der Waals surface area contributed by atoms with E-state index < -0.39 is 16.0 Å². The first-order chi connectivity index (χ1) is 20.1. The van der Waals surface area contributed by atoms with Gasteiger partial charge < -0.3 is 14.7 Å². The third kappa shape index (κ3) is 4.42. The zero-order valence-corrected chi connectivity index (χ0v) is 25.2. The first kappa shape index (κ1) is 27.9.